The molecule has 15 heavy (non-hydrogen) atoms. The van der Waals surface area contributed by atoms with E-state index < -0.39 is 0 Å². The third-order valence-corrected chi connectivity index (χ3v) is 2.15. The molecule has 1 rings (SSSR count). The van der Waals surface area contributed by atoms with E-state index in [1.165, 1.54) is 6.07 Å². The molecular weight excluding hydrogens is 195 g/mol. The van der Waals surface area contributed by atoms with Crippen LogP contribution in [0.3, 0.4) is 0 Å². The first-order chi connectivity index (χ1) is 7.06. The lowest BCUT2D eigenvalue weighted by Crippen LogP contribution is -2.27. The predicted octanol–water partition coefficient (Wildman–Crippen LogP) is 1.74. The van der Waals surface area contributed by atoms with E-state index in [0.29, 0.717) is 6.61 Å². The van der Waals surface area contributed by atoms with Gasteiger partial charge in [0.25, 0.3) is 0 Å². The number of nitrogens with zero attached hydrogens (tertiary/aromatic N) is 1. The zero-order chi connectivity index (χ0) is 11.4. The normalized spacial score (nSPS) is 12.9. The molecule has 1 aromatic carbocycles. The van der Waals surface area contributed by atoms with E-state index in [0.717, 1.165) is 5.56 Å². The summed E-state index contributed by atoms with van der Waals surface area (Å²) in [6, 6.07) is 4.80. The van der Waals surface area contributed by atoms with Crippen LogP contribution in [0, 0.1) is 5.82 Å². The Morgan fingerprint density at radius 1 is 1.47 bits per heavy atom. The molecule has 4 heteroatoms. The second kappa shape index (κ2) is 5.09. The Balaban J connectivity index is 2.90. The summed E-state index contributed by atoms with van der Waals surface area (Å²) in [6.45, 7) is 2.27. The van der Waals surface area contributed by atoms with Crippen LogP contribution in [0.4, 0.5) is 4.39 Å². The molecule has 0 aliphatic heterocycles. The average Bonchev–Trinajstić information content (AvgIpc) is 2.20. The number of halogens is 1. The van der Waals surface area contributed by atoms with Crippen molar-refractivity contribution in [3.8, 4) is 5.75 Å². The first-order valence-electron chi connectivity index (χ1n) is 4.90. The molecule has 1 unspecified atom stereocenters. The molecule has 0 radical (unpaired) electrons. The number of hydrogen-bond acceptors (Lipinski definition) is 3. The first-order valence-corrected chi connectivity index (χ1v) is 4.90. The van der Waals surface area contributed by atoms with E-state index in [4.69, 9.17) is 10.5 Å². The summed E-state index contributed by atoms with van der Waals surface area (Å²) < 4.78 is 18.6. The minimum absolute atomic E-state index is 0.271. The minimum Gasteiger partial charge on any atom is -0.491 e. The maximum atomic E-state index is 13.5. The third kappa shape index (κ3) is 2.91. The summed E-state index contributed by atoms with van der Waals surface area (Å²) in [5.74, 6) is -0.0983. The lowest BCUT2D eigenvalue weighted by molar-refractivity contribution is 0.302. The summed E-state index contributed by atoms with van der Waals surface area (Å²) in [6.07, 6.45) is -0.296. The van der Waals surface area contributed by atoms with Crippen LogP contribution in [0.1, 0.15) is 18.7 Å². The molecular formula is C11H17FN2O. The lowest BCUT2D eigenvalue weighted by Gasteiger charge is -2.20. The Hall–Kier alpha value is -1.13. The molecule has 1 atom stereocenters. The van der Waals surface area contributed by atoms with Gasteiger partial charge in [-0.15, -0.1) is 0 Å². The van der Waals surface area contributed by atoms with Crippen LogP contribution >= 0.6 is 0 Å². The van der Waals surface area contributed by atoms with Crippen LogP contribution < -0.4 is 10.5 Å². The van der Waals surface area contributed by atoms with Crippen LogP contribution in [-0.2, 0) is 0 Å². The van der Waals surface area contributed by atoms with Crippen molar-refractivity contribution in [3.05, 3.63) is 29.6 Å². The van der Waals surface area contributed by atoms with Gasteiger partial charge >= 0.3 is 0 Å². The summed E-state index contributed by atoms with van der Waals surface area (Å²) >= 11 is 0. The van der Waals surface area contributed by atoms with E-state index in [1.54, 1.807) is 12.1 Å². The second-order valence-corrected chi connectivity index (χ2v) is 3.53. The summed E-state index contributed by atoms with van der Waals surface area (Å²) in [5.41, 5.74) is 6.59. The van der Waals surface area contributed by atoms with Gasteiger partial charge in [-0.05, 0) is 38.7 Å². The van der Waals surface area contributed by atoms with Gasteiger partial charge in [0.2, 0.25) is 0 Å². The molecule has 84 valence electrons. The van der Waals surface area contributed by atoms with E-state index in [2.05, 4.69) is 0 Å². The topological polar surface area (TPSA) is 38.5 Å². The van der Waals surface area contributed by atoms with E-state index >= 15 is 0 Å². The van der Waals surface area contributed by atoms with Gasteiger partial charge < -0.3 is 10.5 Å². The molecule has 0 fully saturated rings. The van der Waals surface area contributed by atoms with Gasteiger partial charge in [0.15, 0.2) is 11.6 Å². The molecule has 1 aromatic rings. The Morgan fingerprint density at radius 3 is 2.60 bits per heavy atom. The minimum atomic E-state index is -0.369. The van der Waals surface area contributed by atoms with Gasteiger partial charge in [-0.3, -0.25) is 4.90 Å². The molecule has 0 amide bonds. The van der Waals surface area contributed by atoms with E-state index in [-0.39, 0.29) is 17.7 Å². The van der Waals surface area contributed by atoms with Crippen LogP contribution in [0.15, 0.2) is 18.2 Å². The van der Waals surface area contributed by atoms with Gasteiger partial charge in [0.05, 0.1) is 12.8 Å². The molecule has 0 heterocycles. The Morgan fingerprint density at radius 2 is 2.13 bits per heavy atom. The van der Waals surface area contributed by atoms with Crippen molar-refractivity contribution < 1.29 is 9.13 Å². The van der Waals surface area contributed by atoms with Gasteiger partial charge in [-0.1, -0.05) is 6.07 Å². The number of hydrogen-bond donors (Lipinski definition) is 1. The Kier molecular flexibility index (Phi) is 4.05. The number of rotatable bonds is 4. The highest BCUT2D eigenvalue weighted by Crippen LogP contribution is 2.21. The molecule has 0 aliphatic rings. The van der Waals surface area contributed by atoms with Crippen molar-refractivity contribution in [1.29, 1.82) is 0 Å². The zero-order valence-electron chi connectivity index (χ0n) is 9.33. The Bertz CT molecular complexity index is 328. The Labute approximate surface area is 89.6 Å². The summed E-state index contributed by atoms with van der Waals surface area (Å²) in [5, 5.41) is 0. The van der Waals surface area contributed by atoms with Crippen LogP contribution in [-0.4, -0.2) is 25.6 Å². The zero-order valence-corrected chi connectivity index (χ0v) is 9.33. The van der Waals surface area contributed by atoms with E-state index in [9.17, 15) is 4.39 Å². The third-order valence-electron chi connectivity index (χ3n) is 2.15. The van der Waals surface area contributed by atoms with Crippen molar-refractivity contribution in [3.63, 3.8) is 0 Å². The van der Waals surface area contributed by atoms with Gasteiger partial charge in [0.1, 0.15) is 0 Å². The van der Waals surface area contributed by atoms with Crippen LogP contribution in [0.2, 0.25) is 0 Å². The number of benzene rings is 1. The average molecular weight is 212 g/mol. The highest BCUT2D eigenvalue weighted by atomic mass is 19.1. The largest absolute Gasteiger partial charge is 0.491 e. The summed E-state index contributed by atoms with van der Waals surface area (Å²) in [7, 11) is 3.69. The lowest BCUT2D eigenvalue weighted by atomic mass is 10.1. The molecule has 0 bridgehead atoms. The van der Waals surface area contributed by atoms with Gasteiger partial charge in [-0.25, -0.2) is 4.39 Å². The van der Waals surface area contributed by atoms with Crippen molar-refractivity contribution in [2.24, 2.45) is 5.73 Å². The summed E-state index contributed by atoms with van der Waals surface area (Å²) in [4.78, 5) is 1.81. The molecule has 0 saturated heterocycles. The van der Waals surface area contributed by atoms with Crippen LogP contribution in [0.25, 0.3) is 0 Å². The molecule has 0 aromatic heterocycles. The maximum absolute atomic E-state index is 13.5. The molecule has 2 N–H and O–H groups in total. The molecule has 0 spiro atoms. The van der Waals surface area contributed by atoms with Gasteiger partial charge in [-0.2, -0.15) is 0 Å². The maximum Gasteiger partial charge on any atom is 0.165 e. The second-order valence-electron chi connectivity index (χ2n) is 3.53. The van der Waals surface area contributed by atoms with Crippen LogP contribution in [0.5, 0.6) is 5.75 Å². The highest BCUT2D eigenvalue weighted by Gasteiger charge is 2.11. The molecule has 0 saturated carbocycles. The standard InChI is InChI=1S/C11H17FN2O/c1-4-15-10-6-5-8(7-9(10)12)11(13)14(2)3/h5-7,11H,4,13H2,1-3H3. The molecule has 3 nitrogen and oxygen atoms in total. The fourth-order valence-corrected chi connectivity index (χ4v) is 1.27. The van der Waals surface area contributed by atoms with Crippen molar-refractivity contribution >= 4 is 0 Å². The SMILES string of the molecule is CCOc1ccc(C(N)N(C)C)cc1F. The van der Waals surface area contributed by atoms with Gasteiger partial charge in [0, 0.05) is 0 Å². The number of ether oxygens (including phenoxy) is 1. The monoisotopic (exact) mass is 212 g/mol. The fourth-order valence-electron chi connectivity index (χ4n) is 1.27. The first kappa shape index (κ1) is 11.9. The van der Waals surface area contributed by atoms with Crippen molar-refractivity contribution in [2.75, 3.05) is 20.7 Å². The number of nitrogens with two attached hydrogens (primary N) is 1. The van der Waals surface area contributed by atoms with Crippen molar-refractivity contribution in [1.82, 2.24) is 4.90 Å². The van der Waals surface area contributed by atoms with Crippen molar-refractivity contribution in [2.45, 2.75) is 13.1 Å². The van der Waals surface area contributed by atoms with E-state index in [1.807, 2.05) is 25.9 Å². The highest BCUT2D eigenvalue weighted by molar-refractivity contribution is 5.30. The fraction of sp³-hybridized carbons (Fsp3) is 0.455. The predicted molar refractivity (Wildman–Crippen MR) is 58.2 cm³/mol. The smallest absolute Gasteiger partial charge is 0.165 e. The quantitative estimate of drug-likeness (QED) is 0.773. The molecule has 0 aliphatic carbocycles.